The van der Waals surface area contributed by atoms with Gasteiger partial charge >= 0.3 is 11.9 Å². The molecule has 0 spiro atoms. The van der Waals surface area contributed by atoms with Crippen molar-refractivity contribution in [2.24, 2.45) is 0 Å². The van der Waals surface area contributed by atoms with Gasteiger partial charge in [0.15, 0.2) is 11.5 Å². The number of benzene rings is 2. The lowest BCUT2D eigenvalue weighted by Crippen LogP contribution is -2.21. The number of rotatable bonds is 8. The Labute approximate surface area is 160 Å². The number of hydrogen-bond acceptors (Lipinski definition) is 6. The zero-order valence-corrected chi connectivity index (χ0v) is 16.6. The van der Waals surface area contributed by atoms with Crippen LogP contribution in [-0.4, -0.2) is 32.1 Å². The Morgan fingerprint density at radius 1 is 0.852 bits per heavy atom. The van der Waals surface area contributed by atoms with E-state index in [9.17, 15) is 9.59 Å². The minimum atomic E-state index is -0.360. The summed E-state index contributed by atoms with van der Waals surface area (Å²) >= 11 is 0. The summed E-state index contributed by atoms with van der Waals surface area (Å²) in [5.41, 5.74) is 0.999. The lowest BCUT2D eigenvalue weighted by molar-refractivity contribution is -0.135. The first-order valence-electron chi connectivity index (χ1n) is 9.29. The van der Waals surface area contributed by atoms with E-state index in [1.165, 1.54) is 7.11 Å². The molecule has 0 amide bonds. The normalized spacial score (nSPS) is 10.6. The molecule has 0 saturated heterocycles. The van der Waals surface area contributed by atoms with E-state index in [0.29, 0.717) is 28.0 Å². The summed E-state index contributed by atoms with van der Waals surface area (Å²) in [4.78, 5) is 26.0. The summed E-state index contributed by atoms with van der Waals surface area (Å²) in [7, 11) is 1.49. The highest BCUT2D eigenvalue weighted by atomic mass is 16.6. The van der Waals surface area contributed by atoms with Crippen molar-refractivity contribution in [3.63, 3.8) is 0 Å². The van der Waals surface area contributed by atoms with Gasteiger partial charge in [-0.25, -0.2) is 0 Å². The Balaban J connectivity index is 2.73. The van der Waals surface area contributed by atoms with E-state index in [0.717, 1.165) is 18.8 Å². The number of fused-ring (bicyclic) bond motifs is 1. The third-order valence-corrected chi connectivity index (χ3v) is 4.36. The fourth-order valence-electron chi connectivity index (χ4n) is 2.84. The minimum absolute atomic E-state index is 0.245. The largest absolute Gasteiger partial charge is 0.493 e. The monoisotopic (exact) mass is 373 g/mol. The van der Waals surface area contributed by atoms with Crippen molar-refractivity contribution in [1.29, 1.82) is 0 Å². The summed E-state index contributed by atoms with van der Waals surface area (Å²) in [6.45, 7) is 9.32. The van der Waals surface area contributed by atoms with Crippen LogP contribution in [0.15, 0.2) is 24.3 Å². The van der Waals surface area contributed by atoms with E-state index in [4.69, 9.17) is 14.2 Å². The first kappa shape index (κ1) is 20.6. The van der Waals surface area contributed by atoms with Gasteiger partial charge in [0.25, 0.3) is 0 Å². The number of carbonyl (C=O) groups excluding carboxylic acids is 2. The quantitative estimate of drug-likeness (QED) is 0.507. The van der Waals surface area contributed by atoms with Crippen molar-refractivity contribution < 1.29 is 23.8 Å². The number of hydrogen-bond donors (Lipinski definition) is 0. The van der Waals surface area contributed by atoms with Crippen LogP contribution in [0.3, 0.4) is 0 Å². The minimum Gasteiger partial charge on any atom is -0.493 e. The van der Waals surface area contributed by atoms with Crippen LogP contribution < -0.4 is 19.1 Å². The third kappa shape index (κ3) is 4.51. The lowest BCUT2D eigenvalue weighted by atomic mass is 10.1. The van der Waals surface area contributed by atoms with Gasteiger partial charge < -0.3 is 19.1 Å². The Kier molecular flexibility index (Phi) is 7.05. The number of carbonyl (C=O) groups is 2. The van der Waals surface area contributed by atoms with Crippen molar-refractivity contribution >= 4 is 28.4 Å². The van der Waals surface area contributed by atoms with Crippen LogP contribution in [0, 0.1) is 0 Å². The summed E-state index contributed by atoms with van der Waals surface area (Å²) < 4.78 is 16.4. The molecule has 0 heterocycles. The van der Waals surface area contributed by atoms with Gasteiger partial charge in [-0.2, -0.15) is 0 Å². The molecule has 6 heteroatoms. The topological polar surface area (TPSA) is 65.1 Å². The van der Waals surface area contributed by atoms with Gasteiger partial charge in [-0.15, -0.1) is 0 Å². The Bertz CT molecular complexity index is 827. The van der Waals surface area contributed by atoms with Crippen LogP contribution in [0.1, 0.15) is 40.5 Å². The molecule has 2 aromatic carbocycles. The van der Waals surface area contributed by atoms with E-state index in [2.05, 4.69) is 18.7 Å². The molecule has 0 radical (unpaired) electrons. The lowest BCUT2D eigenvalue weighted by Gasteiger charge is -2.22. The molecule has 2 aromatic rings. The zero-order valence-electron chi connectivity index (χ0n) is 16.6. The van der Waals surface area contributed by atoms with Crippen molar-refractivity contribution in [3.8, 4) is 17.2 Å². The number of ether oxygens (including phenoxy) is 3. The van der Waals surface area contributed by atoms with Crippen LogP contribution in [0.2, 0.25) is 0 Å². The second-order valence-electron chi connectivity index (χ2n) is 5.96. The maximum Gasteiger partial charge on any atom is 0.311 e. The van der Waals surface area contributed by atoms with Gasteiger partial charge in [-0.05, 0) is 32.0 Å². The summed E-state index contributed by atoms with van der Waals surface area (Å²) in [6.07, 6.45) is 0.501. The number of anilines is 1. The highest BCUT2D eigenvalue weighted by Gasteiger charge is 2.20. The standard InChI is InChI=1S/C21H27NO5/c1-6-19(23)26-17-13-18(25-5)21(27-20(24)7-2)15-11-10-14(12-16(15)17)22(8-3)9-4/h10-13H,6-9H2,1-5H3. The molecule has 0 saturated carbocycles. The molecule has 0 bridgehead atoms. The molecule has 146 valence electrons. The molecule has 6 nitrogen and oxygen atoms in total. The Morgan fingerprint density at radius 3 is 2.04 bits per heavy atom. The number of nitrogens with zero attached hydrogens (tertiary/aromatic N) is 1. The molecule has 0 unspecified atom stereocenters. The van der Waals surface area contributed by atoms with Crippen molar-refractivity contribution in [1.82, 2.24) is 0 Å². The molecule has 0 atom stereocenters. The molecule has 2 rings (SSSR count). The van der Waals surface area contributed by atoms with Crippen molar-refractivity contribution in [2.75, 3.05) is 25.1 Å². The zero-order chi connectivity index (χ0) is 20.0. The Hall–Kier alpha value is -2.76. The number of methoxy groups -OCH3 is 1. The van der Waals surface area contributed by atoms with Gasteiger partial charge in [0.05, 0.1) is 7.11 Å². The second kappa shape index (κ2) is 9.26. The van der Waals surface area contributed by atoms with Crippen LogP contribution in [0.4, 0.5) is 5.69 Å². The highest BCUT2D eigenvalue weighted by Crippen LogP contribution is 2.43. The van der Waals surface area contributed by atoms with Gasteiger partial charge in [-0.1, -0.05) is 13.8 Å². The molecular formula is C21H27NO5. The summed E-state index contributed by atoms with van der Waals surface area (Å²) in [5, 5.41) is 1.35. The first-order chi connectivity index (χ1) is 13.0. The third-order valence-electron chi connectivity index (χ3n) is 4.36. The second-order valence-corrected chi connectivity index (χ2v) is 5.96. The first-order valence-corrected chi connectivity index (χ1v) is 9.29. The number of esters is 2. The predicted octanol–water partition coefficient (Wildman–Crippen LogP) is 4.33. The van der Waals surface area contributed by atoms with E-state index < -0.39 is 0 Å². The molecule has 0 aliphatic rings. The average Bonchev–Trinajstić information content (AvgIpc) is 2.69. The fourth-order valence-corrected chi connectivity index (χ4v) is 2.84. The maximum atomic E-state index is 11.9. The average molecular weight is 373 g/mol. The van der Waals surface area contributed by atoms with E-state index in [-0.39, 0.29) is 24.8 Å². The SMILES string of the molecule is CCC(=O)Oc1cc(OC)c(OC(=O)CC)c2ccc(N(CC)CC)cc12. The molecule has 0 aliphatic heterocycles. The van der Waals surface area contributed by atoms with Gasteiger partial charge in [-0.3, -0.25) is 9.59 Å². The summed E-state index contributed by atoms with van der Waals surface area (Å²) in [5.74, 6) is 0.366. The van der Waals surface area contributed by atoms with Crippen LogP contribution >= 0.6 is 0 Å². The molecule has 0 aromatic heterocycles. The molecule has 27 heavy (non-hydrogen) atoms. The van der Waals surface area contributed by atoms with Crippen LogP contribution in [0.5, 0.6) is 17.2 Å². The smallest absolute Gasteiger partial charge is 0.311 e. The maximum absolute atomic E-state index is 11.9. The fraction of sp³-hybridized carbons (Fsp3) is 0.429. The van der Waals surface area contributed by atoms with Gasteiger partial charge in [0.2, 0.25) is 0 Å². The van der Waals surface area contributed by atoms with Crippen LogP contribution in [-0.2, 0) is 9.59 Å². The van der Waals surface area contributed by atoms with Gasteiger partial charge in [0.1, 0.15) is 5.75 Å². The van der Waals surface area contributed by atoms with E-state index in [1.807, 2.05) is 18.2 Å². The Morgan fingerprint density at radius 2 is 1.48 bits per heavy atom. The summed E-state index contributed by atoms with van der Waals surface area (Å²) in [6, 6.07) is 7.38. The van der Waals surface area contributed by atoms with Gasteiger partial charge in [0, 0.05) is 48.5 Å². The molecule has 0 aliphatic carbocycles. The van der Waals surface area contributed by atoms with Crippen molar-refractivity contribution in [3.05, 3.63) is 24.3 Å². The molecule has 0 N–H and O–H groups in total. The van der Waals surface area contributed by atoms with E-state index in [1.54, 1.807) is 19.9 Å². The van der Waals surface area contributed by atoms with Crippen molar-refractivity contribution in [2.45, 2.75) is 40.5 Å². The highest BCUT2D eigenvalue weighted by molar-refractivity contribution is 6.00. The van der Waals surface area contributed by atoms with Crippen LogP contribution in [0.25, 0.3) is 10.8 Å². The molecular weight excluding hydrogens is 346 g/mol. The van der Waals surface area contributed by atoms with E-state index >= 15 is 0 Å². The predicted molar refractivity (Wildman–Crippen MR) is 106 cm³/mol. The molecule has 0 fully saturated rings.